The number of benzene rings is 2. The summed E-state index contributed by atoms with van der Waals surface area (Å²) in [7, 11) is 1.62. The molecule has 0 unspecified atom stereocenters. The Morgan fingerprint density at radius 1 is 1.19 bits per heavy atom. The van der Waals surface area contributed by atoms with E-state index in [0.717, 1.165) is 29.0 Å². The number of rotatable bonds is 4. The highest BCUT2D eigenvalue weighted by Crippen LogP contribution is 2.29. The van der Waals surface area contributed by atoms with Gasteiger partial charge in [-0.25, -0.2) is 4.68 Å². The molecule has 0 N–H and O–H groups in total. The first kappa shape index (κ1) is 17.1. The maximum atomic E-state index is 13.2. The summed E-state index contributed by atoms with van der Waals surface area (Å²) in [4.78, 5) is 13.2. The average Bonchev–Trinajstić information content (AvgIpc) is 3.17. The molecule has 0 aliphatic carbocycles. The quantitative estimate of drug-likeness (QED) is 0.537. The third-order valence-corrected chi connectivity index (χ3v) is 4.74. The molecule has 0 radical (unpaired) electrons. The van der Waals surface area contributed by atoms with Crippen LogP contribution in [0.1, 0.15) is 18.2 Å². The highest BCUT2D eigenvalue weighted by atomic mass is 16.5. The van der Waals surface area contributed by atoms with Gasteiger partial charge >= 0.3 is 0 Å². The molecule has 0 atom stereocenters. The van der Waals surface area contributed by atoms with Crippen molar-refractivity contribution in [1.29, 1.82) is 0 Å². The summed E-state index contributed by atoms with van der Waals surface area (Å²) in [6, 6.07) is 13.4. The lowest BCUT2D eigenvalue weighted by Crippen LogP contribution is -2.08. The summed E-state index contributed by atoms with van der Waals surface area (Å²) in [5, 5.41) is 4.96. The number of para-hydroxylation sites is 1. The SMILES string of the molecule is CCc1cc2c(=O)c(-c3cnn(-c4ccccc4)c3)c(C)oc2cc1OC. The molecule has 2 aromatic carbocycles. The van der Waals surface area contributed by atoms with Gasteiger partial charge in [-0.2, -0.15) is 5.10 Å². The van der Waals surface area contributed by atoms with Crippen molar-refractivity contribution in [2.75, 3.05) is 7.11 Å². The van der Waals surface area contributed by atoms with Crippen molar-refractivity contribution in [1.82, 2.24) is 9.78 Å². The number of hydrogen-bond acceptors (Lipinski definition) is 4. The molecule has 0 amide bonds. The fourth-order valence-electron chi connectivity index (χ4n) is 3.35. The van der Waals surface area contributed by atoms with E-state index < -0.39 is 0 Å². The zero-order chi connectivity index (χ0) is 19.0. The Hall–Kier alpha value is -3.34. The highest BCUT2D eigenvalue weighted by molar-refractivity contribution is 5.84. The van der Waals surface area contributed by atoms with Gasteiger partial charge in [-0.1, -0.05) is 25.1 Å². The van der Waals surface area contributed by atoms with Gasteiger partial charge in [-0.3, -0.25) is 4.79 Å². The second-order valence-corrected chi connectivity index (χ2v) is 6.39. The normalized spacial score (nSPS) is 11.1. The van der Waals surface area contributed by atoms with E-state index in [1.165, 1.54) is 0 Å². The van der Waals surface area contributed by atoms with Gasteiger partial charge in [0.1, 0.15) is 17.1 Å². The van der Waals surface area contributed by atoms with Crippen molar-refractivity contribution in [3.05, 3.63) is 76.4 Å². The molecule has 4 rings (SSSR count). The van der Waals surface area contributed by atoms with E-state index in [1.807, 2.05) is 49.5 Å². The maximum Gasteiger partial charge on any atom is 0.200 e. The smallest absolute Gasteiger partial charge is 0.200 e. The first-order valence-corrected chi connectivity index (χ1v) is 8.87. The number of methoxy groups -OCH3 is 1. The molecule has 27 heavy (non-hydrogen) atoms. The van der Waals surface area contributed by atoms with E-state index in [1.54, 1.807) is 31.0 Å². The molecule has 2 heterocycles. The minimum absolute atomic E-state index is 0.0567. The molecule has 0 saturated carbocycles. The van der Waals surface area contributed by atoms with E-state index in [4.69, 9.17) is 9.15 Å². The number of aryl methyl sites for hydroxylation is 2. The first-order chi connectivity index (χ1) is 13.1. The Kier molecular flexibility index (Phi) is 4.28. The van der Waals surface area contributed by atoms with Crippen LogP contribution in [-0.2, 0) is 6.42 Å². The Labute approximate surface area is 156 Å². The van der Waals surface area contributed by atoms with Crippen LogP contribution >= 0.6 is 0 Å². The van der Waals surface area contributed by atoms with Gasteiger partial charge in [0, 0.05) is 17.8 Å². The number of ether oxygens (including phenoxy) is 1. The fourth-order valence-corrected chi connectivity index (χ4v) is 3.35. The number of fused-ring (bicyclic) bond motifs is 1. The van der Waals surface area contributed by atoms with Crippen LogP contribution in [0.25, 0.3) is 27.8 Å². The third kappa shape index (κ3) is 2.91. The molecule has 136 valence electrons. The molecule has 0 bridgehead atoms. The Morgan fingerprint density at radius 3 is 2.67 bits per heavy atom. The van der Waals surface area contributed by atoms with Gasteiger partial charge in [0.25, 0.3) is 0 Å². The summed E-state index contributed by atoms with van der Waals surface area (Å²) < 4.78 is 13.1. The second-order valence-electron chi connectivity index (χ2n) is 6.39. The molecule has 0 aliphatic heterocycles. The van der Waals surface area contributed by atoms with Crippen LogP contribution in [0.5, 0.6) is 5.75 Å². The standard InChI is InChI=1S/C22H20N2O3/c1-4-15-10-18-20(11-19(15)26-3)27-14(2)21(22(18)25)16-12-23-24(13-16)17-8-6-5-7-9-17/h5-13H,4H2,1-3H3. The van der Waals surface area contributed by atoms with Crippen molar-refractivity contribution < 1.29 is 9.15 Å². The maximum absolute atomic E-state index is 13.2. The minimum Gasteiger partial charge on any atom is -0.496 e. The van der Waals surface area contributed by atoms with Gasteiger partial charge in [0.15, 0.2) is 0 Å². The van der Waals surface area contributed by atoms with E-state index >= 15 is 0 Å². The summed E-state index contributed by atoms with van der Waals surface area (Å²) in [6.45, 7) is 3.83. The second kappa shape index (κ2) is 6.76. The van der Waals surface area contributed by atoms with Gasteiger partial charge in [-0.15, -0.1) is 0 Å². The van der Waals surface area contributed by atoms with E-state index in [0.29, 0.717) is 22.3 Å². The monoisotopic (exact) mass is 360 g/mol. The van der Waals surface area contributed by atoms with E-state index in [9.17, 15) is 4.79 Å². The van der Waals surface area contributed by atoms with Crippen LogP contribution in [0.15, 0.2) is 64.1 Å². The fraction of sp³-hybridized carbons (Fsp3) is 0.182. The summed E-state index contributed by atoms with van der Waals surface area (Å²) in [5.74, 6) is 1.30. The van der Waals surface area contributed by atoms with Gasteiger partial charge in [-0.05, 0) is 37.1 Å². The average molecular weight is 360 g/mol. The molecular weight excluding hydrogens is 340 g/mol. The highest BCUT2D eigenvalue weighted by Gasteiger charge is 2.17. The van der Waals surface area contributed by atoms with Crippen molar-refractivity contribution in [2.24, 2.45) is 0 Å². The molecular formula is C22H20N2O3. The lowest BCUT2D eigenvalue weighted by molar-refractivity contribution is 0.409. The number of aromatic nitrogens is 2. The van der Waals surface area contributed by atoms with Crippen LogP contribution in [0.4, 0.5) is 0 Å². The van der Waals surface area contributed by atoms with Gasteiger partial charge < -0.3 is 9.15 Å². The molecule has 0 spiro atoms. The van der Waals surface area contributed by atoms with Crippen molar-refractivity contribution in [3.63, 3.8) is 0 Å². The molecule has 0 saturated heterocycles. The van der Waals surface area contributed by atoms with Crippen LogP contribution in [0.3, 0.4) is 0 Å². The first-order valence-electron chi connectivity index (χ1n) is 8.87. The lowest BCUT2D eigenvalue weighted by Gasteiger charge is -2.10. The number of hydrogen-bond donors (Lipinski definition) is 0. The zero-order valence-corrected chi connectivity index (χ0v) is 15.5. The van der Waals surface area contributed by atoms with Crippen LogP contribution in [0, 0.1) is 6.92 Å². The molecule has 5 heteroatoms. The van der Waals surface area contributed by atoms with Gasteiger partial charge in [0.2, 0.25) is 5.43 Å². The van der Waals surface area contributed by atoms with Crippen LogP contribution < -0.4 is 10.2 Å². The molecule has 4 aromatic rings. The van der Waals surface area contributed by atoms with Crippen molar-refractivity contribution >= 4 is 11.0 Å². The summed E-state index contributed by atoms with van der Waals surface area (Å²) in [5.41, 5.74) is 3.67. The predicted molar refractivity (Wildman–Crippen MR) is 106 cm³/mol. The summed E-state index contributed by atoms with van der Waals surface area (Å²) in [6.07, 6.45) is 4.32. The molecule has 5 nitrogen and oxygen atoms in total. The zero-order valence-electron chi connectivity index (χ0n) is 15.5. The molecule has 0 fully saturated rings. The molecule has 2 aromatic heterocycles. The Morgan fingerprint density at radius 2 is 1.96 bits per heavy atom. The minimum atomic E-state index is -0.0567. The van der Waals surface area contributed by atoms with E-state index in [-0.39, 0.29) is 5.43 Å². The van der Waals surface area contributed by atoms with Crippen molar-refractivity contribution in [2.45, 2.75) is 20.3 Å². The summed E-state index contributed by atoms with van der Waals surface area (Å²) >= 11 is 0. The largest absolute Gasteiger partial charge is 0.496 e. The van der Waals surface area contributed by atoms with E-state index in [2.05, 4.69) is 5.10 Å². The topological polar surface area (TPSA) is 57.3 Å². The van der Waals surface area contributed by atoms with Crippen molar-refractivity contribution in [3.8, 4) is 22.6 Å². The Balaban J connectivity index is 1.90. The van der Waals surface area contributed by atoms with Crippen LogP contribution in [-0.4, -0.2) is 16.9 Å². The Bertz CT molecular complexity index is 1170. The van der Waals surface area contributed by atoms with Gasteiger partial charge in [0.05, 0.1) is 29.9 Å². The number of nitrogens with zero attached hydrogens (tertiary/aromatic N) is 2. The third-order valence-electron chi connectivity index (χ3n) is 4.74. The molecule has 0 aliphatic rings. The van der Waals surface area contributed by atoms with Crippen LogP contribution in [0.2, 0.25) is 0 Å². The lowest BCUT2D eigenvalue weighted by atomic mass is 10.0. The predicted octanol–water partition coefficient (Wildman–Crippen LogP) is 4.53.